The molecule has 0 bridgehead atoms. The van der Waals surface area contributed by atoms with Crippen LogP contribution in [0.25, 0.3) is 11.1 Å². The van der Waals surface area contributed by atoms with Gasteiger partial charge in [0.2, 0.25) is 5.91 Å². The van der Waals surface area contributed by atoms with Crippen LogP contribution in [0.5, 0.6) is 0 Å². The van der Waals surface area contributed by atoms with Gasteiger partial charge in [0.15, 0.2) is 0 Å². The van der Waals surface area contributed by atoms with Crippen LogP contribution in [0.1, 0.15) is 11.1 Å². The molecule has 1 amide bonds. The molecule has 26 heavy (non-hydrogen) atoms. The molecule has 4 rings (SSSR count). The Balaban J connectivity index is 1.41. The van der Waals surface area contributed by atoms with Crippen molar-refractivity contribution in [2.45, 2.75) is 6.42 Å². The van der Waals surface area contributed by atoms with Crippen LogP contribution in [-0.2, 0) is 11.2 Å². The minimum absolute atomic E-state index is 0.00384. The molecular formula is C21H16F2N2O. The summed E-state index contributed by atoms with van der Waals surface area (Å²) in [6, 6.07) is 17.2. The highest BCUT2D eigenvalue weighted by atomic mass is 19.1. The molecule has 1 aliphatic carbocycles. The van der Waals surface area contributed by atoms with Crippen LogP contribution in [-0.4, -0.2) is 12.5 Å². The molecule has 3 nitrogen and oxygen atoms in total. The molecule has 5 heteroatoms. The van der Waals surface area contributed by atoms with Crippen molar-refractivity contribution in [3.05, 3.63) is 83.4 Å². The number of benzene rings is 3. The molecular weight excluding hydrogens is 334 g/mol. The number of hydrogen-bond donors (Lipinski definition) is 2. The van der Waals surface area contributed by atoms with Gasteiger partial charge >= 0.3 is 0 Å². The van der Waals surface area contributed by atoms with Crippen LogP contribution < -0.4 is 10.6 Å². The van der Waals surface area contributed by atoms with E-state index in [1.807, 2.05) is 30.3 Å². The van der Waals surface area contributed by atoms with E-state index >= 15 is 0 Å². The number of anilines is 2. The summed E-state index contributed by atoms with van der Waals surface area (Å²) in [6.07, 6.45) is 0.871. The number of hydrogen-bond acceptors (Lipinski definition) is 2. The molecule has 130 valence electrons. The Bertz CT molecular complexity index is 981. The number of halogens is 2. The van der Waals surface area contributed by atoms with Crippen LogP contribution in [0.15, 0.2) is 60.7 Å². The standard InChI is InChI=1S/C21H16F2N2O/c22-15-9-16(23)11-18(10-15)25-21(26)12-24-17-5-6-20-14(8-17)7-13-3-1-2-4-19(13)20/h1-6,8-11,24H,7,12H2,(H,25,26). The molecule has 0 saturated heterocycles. The van der Waals surface area contributed by atoms with Gasteiger partial charge in [-0.15, -0.1) is 0 Å². The van der Waals surface area contributed by atoms with Gasteiger partial charge in [-0.3, -0.25) is 4.79 Å². The van der Waals surface area contributed by atoms with Crippen molar-refractivity contribution in [1.82, 2.24) is 0 Å². The lowest BCUT2D eigenvalue weighted by atomic mass is 10.1. The molecule has 1 aliphatic rings. The van der Waals surface area contributed by atoms with E-state index in [2.05, 4.69) is 22.8 Å². The predicted molar refractivity (Wildman–Crippen MR) is 98.2 cm³/mol. The molecule has 0 aromatic heterocycles. The summed E-state index contributed by atoms with van der Waals surface area (Å²) >= 11 is 0. The van der Waals surface area contributed by atoms with Crippen molar-refractivity contribution in [1.29, 1.82) is 0 Å². The van der Waals surface area contributed by atoms with E-state index in [-0.39, 0.29) is 18.1 Å². The fourth-order valence-electron chi connectivity index (χ4n) is 3.27. The second-order valence-corrected chi connectivity index (χ2v) is 6.27. The maximum absolute atomic E-state index is 13.2. The summed E-state index contributed by atoms with van der Waals surface area (Å²) in [5.74, 6) is -1.84. The average molecular weight is 350 g/mol. The van der Waals surface area contributed by atoms with Crippen molar-refractivity contribution < 1.29 is 13.6 Å². The quantitative estimate of drug-likeness (QED) is 0.565. The molecule has 0 fully saturated rings. The van der Waals surface area contributed by atoms with Crippen LogP contribution in [0, 0.1) is 11.6 Å². The van der Waals surface area contributed by atoms with Gasteiger partial charge in [0, 0.05) is 17.4 Å². The molecule has 0 aliphatic heterocycles. The molecule has 0 atom stereocenters. The minimum atomic E-state index is -0.730. The zero-order valence-corrected chi connectivity index (χ0v) is 13.9. The summed E-state index contributed by atoms with van der Waals surface area (Å²) in [5, 5.41) is 5.53. The summed E-state index contributed by atoms with van der Waals surface area (Å²) in [7, 11) is 0. The Morgan fingerprint density at radius 1 is 0.846 bits per heavy atom. The van der Waals surface area contributed by atoms with Crippen molar-refractivity contribution in [2.75, 3.05) is 17.2 Å². The number of fused-ring (bicyclic) bond motifs is 3. The molecule has 0 radical (unpaired) electrons. The normalized spacial score (nSPS) is 11.6. The van der Waals surface area contributed by atoms with Crippen molar-refractivity contribution in [3.63, 3.8) is 0 Å². The molecule has 0 spiro atoms. The maximum atomic E-state index is 13.2. The Kier molecular flexibility index (Phi) is 4.13. The highest BCUT2D eigenvalue weighted by molar-refractivity contribution is 5.93. The smallest absolute Gasteiger partial charge is 0.243 e. The molecule has 0 unspecified atom stereocenters. The Morgan fingerprint density at radius 3 is 2.38 bits per heavy atom. The Labute approximate surface area is 149 Å². The SMILES string of the molecule is O=C(CNc1ccc2c(c1)Cc1ccccc1-2)Nc1cc(F)cc(F)c1. The van der Waals surface area contributed by atoms with Gasteiger partial charge in [0.1, 0.15) is 11.6 Å². The molecule has 3 aromatic carbocycles. The second-order valence-electron chi connectivity index (χ2n) is 6.27. The van der Waals surface area contributed by atoms with E-state index in [4.69, 9.17) is 0 Å². The van der Waals surface area contributed by atoms with Gasteiger partial charge in [0.05, 0.1) is 6.54 Å². The number of amides is 1. The largest absolute Gasteiger partial charge is 0.376 e. The third-order valence-electron chi connectivity index (χ3n) is 4.39. The van der Waals surface area contributed by atoms with Gasteiger partial charge < -0.3 is 10.6 Å². The van der Waals surface area contributed by atoms with E-state index in [9.17, 15) is 13.6 Å². The highest BCUT2D eigenvalue weighted by Gasteiger charge is 2.17. The third kappa shape index (κ3) is 3.28. The van der Waals surface area contributed by atoms with Gasteiger partial charge in [-0.2, -0.15) is 0 Å². The third-order valence-corrected chi connectivity index (χ3v) is 4.39. The van der Waals surface area contributed by atoms with E-state index in [1.165, 1.54) is 22.3 Å². The van der Waals surface area contributed by atoms with Gasteiger partial charge in [0.25, 0.3) is 0 Å². The fourth-order valence-corrected chi connectivity index (χ4v) is 3.27. The van der Waals surface area contributed by atoms with E-state index in [0.29, 0.717) is 0 Å². The van der Waals surface area contributed by atoms with Crippen molar-refractivity contribution in [3.8, 4) is 11.1 Å². The first-order valence-electron chi connectivity index (χ1n) is 8.29. The van der Waals surface area contributed by atoms with Crippen molar-refractivity contribution >= 4 is 17.3 Å². The average Bonchev–Trinajstić information content (AvgIpc) is 2.97. The highest BCUT2D eigenvalue weighted by Crippen LogP contribution is 2.37. The molecule has 2 N–H and O–H groups in total. The first-order chi connectivity index (χ1) is 12.6. The number of rotatable bonds is 4. The summed E-state index contributed by atoms with van der Waals surface area (Å²) < 4.78 is 26.3. The van der Waals surface area contributed by atoms with Gasteiger partial charge in [-0.05, 0) is 52.9 Å². The fraction of sp³-hybridized carbons (Fsp3) is 0.0952. The minimum Gasteiger partial charge on any atom is -0.376 e. The molecule has 0 heterocycles. The number of nitrogens with one attached hydrogen (secondary N) is 2. The van der Waals surface area contributed by atoms with Crippen molar-refractivity contribution in [2.24, 2.45) is 0 Å². The zero-order chi connectivity index (χ0) is 18.1. The van der Waals surface area contributed by atoms with Crippen LogP contribution in [0.4, 0.5) is 20.2 Å². The Hall–Kier alpha value is -3.21. The van der Waals surface area contributed by atoms with Gasteiger partial charge in [-0.25, -0.2) is 8.78 Å². The Morgan fingerprint density at radius 2 is 1.58 bits per heavy atom. The topological polar surface area (TPSA) is 41.1 Å². The molecule has 3 aromatic rings. The first-order valence-corrected chi connectivity index (χ1v) is 8.29. The zero-order valence-electron chi connectivity index (χ0n) is 13.9. The van der Waals surface area contributed by atoms with Gasteiger partial charge in [-0.1, -0.05) is 30.3 Å². The monoisotopic (exact) mass is 350 g/mol. The van der Waals surface area contributed by atoms with E-state index in [0.717, 1.165) is 30.3 Å². The summed E-state index contributed by atoms with van der Waals surface area (Å²) in [5.41, 5.74) is 5.90. The lowest BCUT2D eigenvalue weighted by Gasteiger charge is -2.10. The lowest BCUT2D eigenvalue weighted by Crippen LogP contribution is -2.21. The van der Waals surface area contributed by atoms with Crippen LogP contribution in [0.2, 0.25) is 0 Å². The predicted octanol–water partition coefficient (Wildman–Crippen LogP) is 4.59. The van der Waals surface area contributed by atoms with Crippen LogP contribution in [0.3, 0.4) is 0 Å². The maximum Gasteiger partial charge on any atom is 0.243 e. The van der Waals surface area contributed by atoms with E-state index in [1.54, 1.807) is 0 Å². The summed E-state index contributed by atoms with van der Waals surface area (Å²) in [6.45, 7) is 0.00384. The van der Waals surface area contributed by atoms with Crippen LogP contribution >= 0.6 is 0 Å². The summed E-state index contributed by atoms with van der Waals surface area (Å²) in [4.78, 5) is 12.0. The number of carbonyl (C=O) groups is 1. The van der Waals surface area contributed by atoms with E-state index < -0.39 is 11.6 Å². The lowest BCUT2D eigenvalue weighted by molar-refractivity contribution is -0.114. The molecule has 0 saturated carbocycles. The number of carbonyl (C=O) groups excluding carboxylic acids is 1. The first kappa shape index (κ1) is 16.3. The second kappa shape index (κ2) is 6.59.